The van der Waals surface area contributed by atoms with Gasteiger partial charge in [0.2, 0.25) is 11.8 Å². The van der Waals surface area contributed by atoms with Gasteiger partial charge < -0.3 is 10.5 Å². The molecule has 0 bridgehead atoms. The fraction of sp³-hybridized carbons (Fsp3) is 0.176. The fourth-order valence-corrected chi connectivity index (χ4v) is 3.54. The van der Waals surface area contributed by atoms with Gasteiger partial charge in [-0.3, -0.25) is 9.59 Å². The molecule has 0 spiro atoms. The number of hydrogen-bond donors (Lipinski definition) is 1. The maximum Gasteiger partial charge on any atom is 0.247 e. The van der Waals surface area contributed by atoms with E-state index in [1.807, 2.05) is 18.2 Å². The van der Waals surface area contributed by atoms with Gasteiger partial charge in [-0.1, -0.05) is 12.1 Å². The van der Waals surface area contributed by atoms with Gasteiger partial charge >= 0.3 is 0 Å². The minimum absolute atomic E-state index is 0.170. The van der Waals surface area contributed by atoms with Crippen LogP contribution in [0.4, 0.5) is 11.4 Å². The second kappa shape index (κ2) is 6.34. The highest BCUT2D eigenvalue weighted by atomic mass is 32.2. The number of amides is 2. The van der Waals surface area contributed by atoms with Crippen LogP contribution in [0.5, 0.6) is 5.75 Å². The van der Waals surface area contributed by atoms with Gasteiger partial charge in [-0.15, -0.1) is 11.8 Å². The van der Waals surface area contributed by atoms with Crippen molar-refractivity contribution in [2.75, 3.05) is 17.7 Å². The predicted octanol–water partition coefficient (Wildman–Crippen LogP) is 2.70. The minimum Gasteiger partial charge on any atom is -0.497 e. The molecule has 118 valence electrons. The van der Waals surface area contributed by atoms with Gasteiger partial charge in [0.1, 0.15) is 5.75 Å². The van der Waals surface area contributed by atoms with Crippen LogP contribution in [0, 0.1) is 0 Å². The third-order valence-electron chi connectivity index (χ3n) is 3.62. The third kappa shape index (κ3) is 3.03. The monoisotopic (exact) mass is 328 g/mol. The predicted molar refractivity (Wildman–Crippen MR) is 90.6 cm³/mol. The molecule has 2 N–H and O–H groups in total. The zero-order chi connectivity index (χ0) is 16.4. The number of rotatable bonds is 4. The summed E-state index contributed by atoms with van der Waals surface area (Å²) in [6.45, 7) is 0. The van der Waals surface area contributed by atoms with E-state index in [0.29, 0.717) is 17.1 Å². The van der Waals surface area contributed by atoms with Crippen molar-refractivity contribution in [3.8, 4) is 5.75 Å². The molecule has 1 atom stereocenters. The zero-order valence-electron chi connectivity index (χ0n) is 12.6. The van der Waals surface area contributed by atoms with E-state index in [2.05, 4.69) is 0 Å². The van der Waals surface area contributed by atoms with Gasteiger partial charge in [0, 0.05) is 17.0 Å². The molecule has 0 radical (unpaired) electrons. The molecule has 1 aliphatic rings. The summed E-state index contributed by atoms with van der Waals surface area (Å²) in [5.74, 6) is 0.261. The van der Waals surface area contributed by atoms with Crippen LogP contribution in [0.3, 0.4) is 0 Å². The number of benzene rings is 2. The summed E-state index contributed by atoms with van der Waals surface area (Å²) < 4.78 is 5.09. The van der Waals surface area contributed by atoms with E-state index in [4.69, 9.17) is 10.5 Å². The molecule has 1 aliphatic heterocycles. The summed E-state index contributed by atoms with van der Waals surface area (Å²) in [5, 5.41) is -0.450. The van der Waals surface area contributed by atoms with Gasteiger partial charge in [0.05, 0.1) is 18.0 Å². The molecule has 0 saturated carbocycles. The summed E-state index contributed by atoms with van der Waals surface area (Å²) >= 11 is 1.33. The van der Waals surface area contributed by atoms with E-state index in [-0.39, 0.29) is 18.2 Å². The standard InChI is InChI=1S/C17H16N2O3S/c1-22-12-8-6-11(7-9-12)19-16(20)10-15(17(19)21)23-14-5-3-2-4-13(14)18/h2-9,15H,10,18H2,1H3/t15-/m0/s1. The van der Waals surface area contributed by atoms with Gasteiger partial charge in [-0.25, -0.2) is 4.90 Å². The Balaban J connectivity index is 1.80. The Bertz CT molecular complexity index is 746. The molecular formula is C17H16N2O3S. The number of carbonyl (C=O) groups excluding carboxylic acids is 2. The summed E-state index contributed by atoms with van der Waals surface area (Å²) in [6, 6.07) is 14.2. The average molecular weight is 328 g/mol. The lowest BCUT2D eigenvalue weighted by molar-refractivity contribution is -0.121. The van der Waals surface area contributed by atoms with E-state index in [9.17, 15) is 9.59 Å². The van der Waals surface area contributed by atoms with Crippen molar-refractivity contribution in [2.24, 2.45) is 0 Å². The normalized spacial score (nSPS) is 17.6. The lowest BCUT2D eigenvalue weighted by Gasteiger charge is -2.15. The van der Waals surface area contributed by atoms with Crippen LogP contribution in [0.2, 0.25) is 0 Å². The van der Waals surface area contributed by atoms with Crippen molar-refractivity contribution in [3.05, 3.63) is 48.5 Å². The zero-order valence-corrected chi connectivity index (χ0v) is 13.4. The SMILES string of the molecule is COc1ccc(N2C(=O)C[C@H](Sc3ccccc3N)C2=O)cc1. The Morgan fingerprint density at radius 1 is 1.13 bits per heavy atom. The average Bonchev–Trinajstić information content (AvgIpc) is 2.84. The van der Waals surface area contributed by atoms with Crippen LogP contribution >= 0.6 is 11.8 Å². The highest BCUT2D eigenvalue weighted by Gasteiger charge is 2.40. The molecule has 0 unspecified atom stereocenters. The van der Waals surface area contributed by atoms with Gasteiger partial charge in [-0.2, -0.15) is 0 Å². The van der Waals surface area contributed by atoms with E-state index in [0.717, 1.165) is 4.90 Å². The summed E-state index contributed by atoms with van der Waals surface area (Å²) in [7, 11) is 1.57. The molecule has 2 amide bonds. The molecule has 1 saturated heterocycles. The molecule has 6 heteroatoms. The first kappa shape index (κ1) is 15.4. The highest BCUT2D eigenvalue weighted by molar-refractivity contribution is 8.00. The van der Waals surface area contributed by atoms with Crippen molar-refractivity contribution < 1.29 is 14.3 Å². The van der Waals surface area contributed by atoms with E-state index in [1.165, 1.54) is 16.7 Å². The number of hydrogen-bond acceptors (Lipinski definition) is 5. The molecule has 23 heavy (non-hydrogen) atoms. The van der Waals surface area contributed by atoms with Crippen LogP contribution in [-0.2, 0) is 9.59 Å². The third-order valence-corrected chi connectivity index (χ3v) is 4.90. The molecule has 0 aliphatic carbocycles. The Morgan fingerprint density at radius 2 is 1.83 bits per heavy atom. The second-order valence-electron chi connectivity index (χ2n) is 5.11. The number of methoxy groups -OCH3 is 1. The van der Waals surface area contributed by atoms with Crippen LogP contribution < -0.4 is 15.4 Å². The Morgan fingerprint density at radius 3 is 2.48 bits per heavy atom. The molecule has 3 rings (SSSR count). The number of imide groups is 1. The molecule has 1 fully saturated rings. The smallest absolute Gasteiger partial charge is 0.247 e. The van der Waals surface area contributed by atoms with Crippen molar-refractivity contribution in [2.45, 2.75) is 16.6 Å². The lowest BCUT2D eigenvalue weighted by atomic mass is 10.3. The van der Waals surface area contributed by atoms with Crippen LogP contribution in [0.25, 0.3) is 0 Å². The largest absolute Gasteiger partial charge is 0.497 e. The fourth-order valence-electron chi connectivity index (χ4n) is 2.44. The van der Waals surface area contributed by atoms with E-state index < -0.39 is 5.25 Å². The van der Waals surface area contributed by atoms with Crippen molar-refractivity contribution in [1.82, 2.24) is 0 Å². The minimum atomic E-state index is -0.450. The Hall–Kier alpha value is -2.47. The molecule has 2 aromatic carbocycles. The van der Waals surface area contributed by atoms with Gasteiger partial charge in [-0.05, 0) is 36.4 Å². The van der Waals surface area contributed by atoms with Crippen LogP contribution in [-0.4, -0.2) is 24.2 Å². The number of ether oxygens (including phenoxy) is 1. The van der Waals surface area contributed by atoms with Crippen molar-refractivity contribution >= 4 is 35.0 Å². The highest BCUT2D eigenvalue weighted by Crippen LogP contribution is 2.36. The van der Waals surface area contributed by atoms with E-state index >= 15 is 0 Å². The molecule has 2 aromatic rings. The maximum atomic E-state index is 12.6. The maximum absolute atomic E-state index is 12.6. The quantitative estimate of drug-likeness (QED) is 0.690. The number of thioether (sulfide) groups is 1. The first-order valence-electron chi connectivity index (χ1n) is 7.12. The summed E-state index contributed by atoms with van der Waals surface area (Å²) in [5.41, 5.74) is 7.08. The lowest BCUT2D eigenvalue weighted by Crippen LogP contribution is -2.31. The molecular weight excluding hydrogens is 312 g/mol. The molecule has 1 heterocycles. The number of para-hydroxylation sites is 1. The topological polar surface area (TPSA) is 72.6 Å². The molecule has 0 aromatic heterocycles. The first-order chi connectivity index (χ1) is 11.1. The number of nitrogens with zero attached hydrogens (tertiary/aromatic N) is 1. The van der Waals surface area contributed by atoms with E-state index in [1.54, 1.807) is 37.4 Å². The van der Waals surface area contributed by atoms with Crippen LogP contribution in [0.1, 0.15) is 6.42 Å². The first-order valence-corrected chi connectivity index (χ1v) is 8.00. The van der Waals surface area contributed by atoms with Crippen molar-refractivity contribution in [3.63, 3.8) is 0 Å². The van der Waals surface area contributed by atoms with Crippen molar-refractivity contribution in [1.29, 1.82) is 0 Å². The molecule has 5 nitrogen and oxygen atoms in total. The number of carbonyl (C=O) groups is 2. The van der Waals surface area contributed by atoms with Gasteiger partial charge in [0.15, 0.2) is 0 Å². The summed E-state index contributed by atoms with van der Waals surface area (Å²) in [6.07, 6.45) is 0.170. The number of nitrogens with two attached hydrogens (primary N) is 1. The van der Waals surface area contributed by atoms with Crippen LogP contribution in [0.15, 0.2) is 53.4 Å². The Labute approximate surface area is 138 Å². The van der Waals surface area contributed by atoms with Gasteiger partial charge in [0.25, 0.3) is 0 Å². The number of nitrogen functional groups attached to an aromatic ring is 1. The summed E-state index contributed by atoms with van der Waals surface area (Å²) in [4.78, 5) is 26.9. The number of anilines is 2. The Kier molecular flexibility index (Phi) is 4.25. The second-order valence-corrected chi connectivity index (χ2v) is 6.36.